The summed E-state index contributed by atoms with van der Waals surface area (Å²) >= 11 is 0. The molecule has 2 aromatic heterocycles. The lowest BCUT2D eigenvalue weighted by Gasteiger charge is -2.24. The maximum Gasteiger partial charge on any atom is 0.0994 e. The van der Waals surface area contributed by atoms with Gasteiger partial charge in [0, 0.05) is 27.6 Å². The number of hydrogen-bond acceptors (Lipinski definition) is 4. The Morgan fingerprint density at radius 2 is 1.71 bits per heavy atom. The lowest BCUT2D eigenvalue weighted by atomic mass is 9.80. The van der Waals surface area contributed by atoms with Crippen molar-refractivity contribution in [2.24, 2.45) is 0 Å². The van der Waals surface area contributed by atoms with Crippen LogP contribution in [0, 0.1) is 22.7 Å². The highest BCUT2D eigenvalue weighted by molar-refractivity contribution is 5.85. The third-order valence-corrected chi connectivity index (χ3v) is 5.33. The molecule has 0 amide bonds. The van der Waals surface area contributed by atoms with Gasteiger partial charge in [0.25, 0.3) is 0 Å². The molecule has 4 rings (SSSR count). The van der Waals surface area contributed by atoms with Gasteiger partial charge < -0.3 is 0 Å². The van der Waals surface area contributed by atoms with Crippen molar-refractivity contribution in [3.8, 4) is 12.1 Å². The maximum absolute atomic E-state index is 9.70. The van der Waals surface area contributed by atoms with E-state index in [0.29, 0.717) is 17.5 Å². The first-order valence-corrected chi connectivity index (χ1v) is 9.25. The highest BCUT2D eigenvalue weighted by atomic mass is 15.1. The third-order valence-electron chi connectivity index (χ3n) is 5.33. The van der Waals surface area contributed by atoms with Gasteiger partial charge in [-0.15, -0.1) is 0 Å². The van der Waals surface area contributed by atoms with Crippen molar-refractivity contribution in [1.29, 1.82) is 10.5 Å². The minimum atomic E-state index is -0.286. The van der Waals surface area contributed by atoms with Gasteiger partial charge in [-0.05, 0) is 48.7 Å². The molecule has 0 fully saturated rings. The van der Waals surface area contributed by atoms with Crippen molar-refractivity contribution in [2.45, 2.75) is 39.0 Å². The molecule has 0 saturated heterocycles. The van der Waals surface area contributed by atoms with Crippen molar-refractivity contribution in [3.05, 3.63) is 58.4 Å². The molecule has 0 unspecified atom stereocenters. The van der Waals surface area contributed by atoms with E-state index in [1.165, 1.54) is 0 Å². The quantitative estimate of drug-likeness (QED) is 0.561. The topological polar surface area (TPSA) is 105 Å². The number of H-pyrrole nitrogens is 2. The van der Waals surface area contributed by atoms with Gasteiger partial charge in [-0.1, -0.05) is 20.8 Å². The van der Waals surface area contributed by atoms with E-state index in [1.54, 1.807) is 12.1 Å². The standard InChI is InChI=1S/C22H20N6/c1-4-18-17-8-15(12-24)14(9-20(17)26-25-18)10-22(2,3)21-16-6-5-13(11-23)7-19(16)27-28-21/h5-9H,4,10H2,1-3H3,(H,25,26)(H,27,28). The van der Waals surface area contributed by atoms with Crippen LogP contribution in [-0.2, 0) is 18.3 Å². The van der Waals surface area contributed by atoms with E-state index in [1.807, 2.05) is 18.2 Å². The summed E-state index contributed by atoms with van der Waals surface area (Å²) in [5.74, 6) is 0. The number of fused-ring (bicyclic) bond motifs is 2. The number of benzene rings is 2. The summed E-state index contributed by atoms with van der Waals surface area (Å²) in [6.07, 6.45) is 1.51. The molecule has 6 nitrogen and oxygen atoms in total. The number of rotatable bonds is 4. The normalized spacial score (nSPS) is 11.6. The number of nitriles is 2. The Bertz CT molecular complexity index is 1280. The highest BCUT2D eigenvalue weighted by Crippen LogP contribution is 2.34. The van der Waals surface area contributed by atoms with Crippen LogP contribution in [0.3, 0.4) is 0 Å². The van der Waals surface area contributed by atoms with E-state index in [9.17, 15) is 5.26 Å². The molecule has 4 aromatic rings. The molecule has 2 aromatic carbocycles. The number of nitrogens with zero attached hydrogens (tertiary/aromatic N) is 4. The number of aromatic nitrogens is 4. The first-order chi connectivity index (χ1) is 13.5. The van der Waals surface area contributed by atoms with Crippen LogP contribution in [-0.4, -0.2) is 20.4 Å². The Morgan fingerprint density at radius 3 is 2.43 bits per heavy atom. The minimum absolute atomic E-state index is 0.286. The Morgan fingerprint density at radius 1 is 0.964 bits per heavy atom. The van der Waals surface area contributed by atoms with E-state index in [-0.39, 0.29) is 5.41 Å². The molecule has 0 aliphatic heterocycles. The second-order valence-corrected chi connectivity index (χ2v) is 7.70. The van der Waals surface area contributed by atoms with Gasteiger partial charge >= 0.3 is 0 Å². The molecule has 0 spiro atoms. The van der Waals surface area contributed by atoms with Crippen LogP contribution in [0.1, 0.15) is 48.8 Å². The molecule has 0 aliphatic carbocycles. The molecule has 28 heavy (non-hydrogen) atoms. The fourth-order valence-electron chi connectivity index (χ4n) is 3.84. The second kappa shape index (κ2) is 6.51. The van der Waals surface area contributed by atoms with Crippen LogP contribution in [0.25, 0.3) is 21.8 Å². The number of aryl methyl sites for hydroxylation is 1. The van der Waals surface area contributed by atoms with E-state index in [2.05, 4.69) is 53.3 Å². The minimum Gasteiger partial charge on any atom is -0.281 e. The van der Waals surface area contributed by atoms with Crippen molar-refractivity contribution in [3.63, 3.8) is 0 Å². The van der Waals surface area contributed by atoms with Gasteiger partial charge in [0.2, 0.25) is 0 Å². The van der Waals surface area contributed by atoms with Crippen molar-refractivity contribution < 1.29 is 0 Å². The zero-order chi connectivity index (χ0) is 19.9. The summed E-state index contributed by atoms with van der Waals surface area (Å²) in [5.41, 5.74) is 5.64. The summed E-state index contributed by atoms with van der Waals surface area (Å²) in [7, 11) is 0. The summed E-state index contributed by atoms with van der Waals surface area (Å²) in [4.78, 5) is 0. The molecule has 138 valence electrons. The Balaban J connectivity index is 1.78. The van der Waals surface area contributed by atoms with Gasteiger partial charge in [0.1, 0.15) is 0 Å². The highest BCUT2D eigenvalue weighted by Gasteiger charge is 2.27. The van der Waals surface area contributed by atoms with E-state index in [0.717, 1.165) is 45.2 Å². The lowest BCUT2D eigenvalue weighted by molar-refractivity contribution is 0.508. The van der Waals surface area contributed by atoms with Crippen LogP contribution in [0.5, 0.6) is 0 Å². The van der Waals surface area contributed by atoms with Crippen LogP contribution < -0.4 is 0 Å². The third kappa shape index (κ3) is 2.80. The molecule has 0 saturated carbocycles. The smallest absolute Gasteiger partial charge is 0.0994 e. The van der Waals surface area contributed by atoms with Gasteiger partial charge in [-0.2, -0.15) is 20.7 Å². The molecule has 0 radical (unpaired) electrons. The monoisotopic (exact) mass is 368 g/mol. The summed E-state index contributed by atoms with van der Waals surface area (Å²) in [6, 6.07) is 14.0. The van der Waals surface area contributed by atoms with Crippen molar-refractivity contribution in [1.82, 2.24) is 20.4 Å². The molecule has 0 atom stereocenters. The van der Waals surface area contributed by atoms with Crippen LogP contribution in [0.15, 0.2) is 30.3 Å². The van der Waals surface area contributed by atoms with Crippen LogP contribution >= 0.6 is 0 Å². The summed E-state index contributed by atoms with van der Waals surface area (Å²) < 4.78 is 0. The van der Waals surface area contributed by atoms with Gasteiger partial charge in [0.05, 0.1) is 34.3 Å². The van der Waals surface area contributed by atoms with Crippen LogP contribution in [0.4, 0.5) is 0 Å². The van der Waals surface area contributed by atoms with Crippen molar-refractivity contribution in [2.75, 3.05) is 0 Å². The fraction of sp³-hybridized carbons (Fsp3) is 0.273. The number of aromatic amines is 2. The Kier molecular flexibility index (Phi) is 4.13. The average molecular weight is 368 g/mol. The SMILES string of the molecule is CCc1[nH]nc2cc(CC(C)(C)c3[nH]nc4cc(C#N)ccc34)c(C#N)cc12. The average Bonchev–Trinajstić information content (AvgIpc) is 3.30. The predicted molar refractivity (Wildman–Crippen MR) is 108 cm³/mol. The number of nitrogens with one attached hydrogen (secondary N) is 2. The Labute approximate surface area is 162 Å². The first kappa shape index (κ1) is 17.8. The molecular weight excluding hydrogens is 348 g/mol. The lowest BCUT2D eigenvalue weighted by Crippen LogP contribution is -2.22. The largest absolute Gasteiger partial charge is 0.281 e. The van der Waals surface area contributed by atoms with Gasteiger partial charge in [0.15, 0.2) is 0 Å². The maximum atomic E-state index is 9.70. The zero-order valence-electron chi connectivity index (χ0n) is 16.1. The summed E-state index contributed by atoms with van der Waals surface area (Å²) in [5, 5.41) is 35.8. The number of hydrogen-bond donors (Lipinski definition) is 2. The van der Waals surface area contributed by atoms with E-state index in [4.69, 9.17) is 5.26 Å². The molecule has 0 aliphatic rings. The Hall–Kier alpha value is -3.64. The summed E-state index contributed by atoms with van der Waals surface area (Å²) in [6.45, 7) is 6.33. The van der Waals surface area contributed by atoms with Crippen LogP contribution in [0.2, 0.25) is 0 Å². The molecule has 2 N–H and O–H groups in total. The zero-order valence-corrected chi connectivity index (χ0v) is 16.1. The molecule has 6 heteroatoms. The molecule has 2 heterocycles. The van der Waals surface area contributed by atoms with E-state index >= 15 is 0 Å². The fourth-order valence-corrected chi connectivity index (χ4v) is 3.84. The van der Waals surface area contributed by atoms with Gasteiger partial charge in [-0.3, -0.25) is 10.2 Å². The molecular formula is C22H20N6. The van der Waals surface area contributed by atoms with Crippen molar-refractivity contribution >= 4 is 21.8 Å². The van der Waals surface area contributed by atoms with E-state index < -0.39 is 0 Å². The first-order valence-electron chi connectivity index (χ1n) is 9.25. The van der Waals surface area contributed by atoms with Gasteiger partial charge in [-0.25, -0.2) is 0 Å². The second-order valence-electron chi connectivity index (χ2n) is 7.70. The molecule has 0 bridgehead atoms. The predicted octanol–water partition coefficient (Wildman–Crippen LogP) is 4.27.